The summed E-state index contributed by atoms with van der Waals surface area (Å²) in [5, 5.41) is 7.62. The van der Waals surface area contributed by atoms with E-state index in [1.54, 1.807) is 0 Å². The molecule has 18 heavy (non-hydrogen) atoms. The van der Waals surface area contributed by atoms with E-state index in [1.807, 2.05) is 18.2 Å². The molecule has 3 N–H and O–H groups in total. The Morgan fingerprint density at radius 1 is 1.28 bits per heavy atom. The predicted molar refractivity (Wildman–Crippen MR) is 75.8 cm³/mol. The van der Waals surface area contributed by atoms with E-state index in [2.05, 4.69) is 18.0 Å². The highest BCUT2D eigenvalue weighted by atomic mass is 15.1. The molecule has 3 heteroatoms. The lowest BCUT2D eigenvalue weighted by molar-refractivity contribution is 0.184. The summed E-state index contributed by atoms with van der Waals surface area (Å²) in [5.74, 6) is 0.169. The summed E-state index contributed by atoms with van der Waals surface area (Å²) in [5.41, 5.74) is 7.67. The van der Waals surface area contributed by atoms with Gasteiger partial charge >= 0.3 is 0 Å². The van der Waals surface area contributed by atoms with Crippen LogP contribution in [0.25, 0.3) is 0 Å². The van der Waals surface area contributed by atoms with E-state index in [9.17, 15) is 0 Å². The zero-order valence-corrected chi connectivity index (χ0v) is 11.2. The molecule has 0 unspecified atom stereocenters. The maximum atomic E-state index is 7.62. The fourth-order valence-corrected chi connectivity index (χ4v) is 2.84. The Morgan fingerprint density at radius 2 is 1.94 bits per heavy atom. The van der Waals surface area contributed by atoms with Crippen LogP contribution in [0.1, 0.15) is 43.2 Å². The van der Waals surface area contributed by atoms with Gasteiger partial charge in [0.05, 0.1) is 0 Å². The quantitative estimate of drug-likeness (QED) is 0.633. The number of nitrogens with one attached hydrogen (secondary N) is 1. The molecule has 0 radical (unpaired) electrons. The first-order valence-electron chi connectivity index (χ1n) is 6.81. The van der Waals surface area contributed by atoms with Crippen LogP contribution >= 0.6 is 0 Å². The van der Waals surface area contributed by atoms with Gasteiger partial charge in [0.25, 0.3) is 0 Å². The van der Waals surface area contributed by atoms with Crippen LogP contribution in [0.5, 0.6) is 0 Å². The minimum absolute atomic E-state index is 0.169. The first-order valence-corrected chi connectivity index (χ1v) is 6.81. The monoisotopic (exact) mass is 245 g/mol. The molecule has 2 rings (SSSR count). The number of hydrogen-bond acceptors (Lipinski definition) is 2. The van der Waals surface area contributed by atoms with Gasteiger partial charge < -0.3 is 5.73 Å². The molecular weight excluding hydrogens is 222 g/mol. The third kappa shape index (κ3) is 3.10. The number of hydrogen-bond donors (Lipinski definition) is 2. The van der Waals surface area contributed by atoms with Gasteiger partial charge in [-0.3, -0.25) is 10.3 Å². The highest BCUT2D eigenvalue weighted by molar-refractivity contribution is 5.96. The first kappa shape index (κ1) is 13.1. The van der Waals surface area contributed by atoms with Crippen LogP contribution in [0.3, 0.4) is 0 Å². The minimum Gasteiger partial charge on any atom is -0.384 e. The van der Waals surface area contributed by atoms with Gasteiger partial charge in [0.2, 0.25) is 0 Å². The van der Waals surface area contributed by atoms with Crippen LogP contribution < -0.4 is 5.73 Å². The third-order valence-electron chi connectivity index (χ3n) is 3.93. The van der Waals surface area contributed by atoms with Crippen LogP contribution in [0, 0.1) is 5.41 Å². The van der Waals surface area contributed by atoms with Crippen molar-refractivity contribution in [2.75, 3.05) is 7.05 Å². The highest BCUT2D eigenvalue weighted by Gasteiger charge is 2.18. The summed E-state index contributed by atoms with van der Waals surface area (Å²) < 4.78 is 0. The van der Waals surface area contributed by atoms with Crippen molar-refractivity contribution in [2.24, 2.45) is 5.73 Å². The summed E-state index contributed by atoms with van der Waals surface area (Å²) in [4.78, 5) is 2.42. The SMILES string of the molecule is CN(Cc1ccccc1C(=N)N)C1CCCCC1. The van der Waals surface area contributed by atoms with E-state index < -0.39 is 0 Å². The Balaban J connectivity index is 2.06. The maximum absolute atomic E-state index is 7.62. The Morgan fingerprint density at radius 3 is 2.61 bits per heavy atom. The van der Waals surface area contributed by atoms with E-state index >= 15 is 0 Å². The molecule has 0 atom stereocenters. The molecule has 0 amide bonds. The molecule has 98 valence electrons. The van der Waals surface area contributed by atoms with Gasteiger partial charge in [-0.15, -0.1) is 0 Å². The zero-order chi connectivity index (χ0) is 13.0. The normalized spacial score (nSPS) is 17.0. The Bertz CT molecular complexity index is 408. The van der Waals surface area contributed by atoms with E-state index in [1.165, 1.54) is 32.1 Å². The molecule has 0 spiro atoms. The van der Waals surface area contributed by atoms with Crippen molar-refractivity contribution in [1.82, 2.24) is 4.90 Å². The molecule has 1 aliphatic rings. The molecule has 0 saturated heterocycles. The second-order valence-corrected chi connectivity index (χ2v) is 5.28. The van der Waals surface area contributed by atoms with Crippen molar-refractivity contribution in [3.8, 4) is 0 Å². The molecular formula is C15H23N3. The van der Waals surface area contributed by atoms with Gasteiger partial charge in [-0.05, 0) is 25.5 Å². The van der Waals surface area contributed by atoms with E-state index in [-0.39, 0.29) is 5.84 Å². The van der Waals surface area contributed by atoms with E-state index in [0.717, 1.165) is 17.7 Å². The van der Waals surface area contributed by atoms with Crippen LogP contribution in [0.15, 0.2) is 24.3 Å². The standard InChI is InChI=1S/C15H23N3/c1-18(13-8-3-2-4-9-13)11-12-7-5-6-10-14(12)15(16)17/h5-7,10,13H,2-4,8-9,11H2,1H3,(H3,16,17). The fraction of sp³-hybridized carbons (Fsp3) is 0.533. The molecule has 0 aromatic heterocycles. The molecule has 0 bridgehead atoms. The Hall–Kier alpha value is -1.35. The van der Waals surface area contributed by atoms with Crippen LogP contribution in [-0.4, -0.2) is 23.8 Å². The number of amidine groups is 1. The van der Waals surface area contributed by atoms with Crippen molar-refractivity contribution >= 4 is 5.84 Å². The zero-order valence-electron chi connectivity index (χ0n) is 11.2. The topological polar surface area (TPSA) is 53.1 Å². The molecule has 1 saturated carbocycles. The average Bonchev–Trinajstić information content (AvgIpc) is 2.40. The lowest BCUT2D eigenvalue weighted by Gasteiger charge is -2.31. The highest BCUT2D eigenvalue weighted by Crippen LogP contribution is 2.23. The van der Waals surface area contributed by atoms with Gasteiger partial charge in [-0.2, -0.15) is 0 Å². The van der Waals surface area contributed by atoms with Gasteiger partial charge in [0.1, 0.15) is 5.84 Å². The number of nitrogen functional groups attached to an aromatic ring is 1. The Kier molecular flexibility index (Phi) is 4.37. The smallest absolute Gasteiger partial charge is 0.123 e. The minimum atomic E-state index is 0.169. The summed E-state index contributed by atoms with van der Waals surface area (Å²) >= 11 is 0. The first-order chi connectivity index (χ1) is 8.68. The van der Waals surface area contributed by atoms with Crippen molar-refractivity contribution in [1.29, 1.82) is 5.41 Å². The Labute approximate surface area is 109 Å². The summed E-state index contributed by atoms with van der Waals surface area (Å²) in [6.07, 6.45) is 6.69. The molecule has 1 aliphatic carbocycles. The summed E-state index contributed by atoms with van der Waals surface area (Å²) in [6.45, 7) is 0.889. The summed E-state index contributed by atoms with van der Waals surface area (Å²) in [7, 11) is 2.19. The number of nitrogens with two attached hydrogens (primary N) is 1. The van der Waals surface area contributed by atoms with Crippen LogP contribution in [0.4, 0.5) is 0 Å². The lowest BCUT2D eigenvalue weighted by Crippen LogP contribution is -2.33. The molecule has 0 heterocycles. The van der Waals surface area contributed by atoms with Crippen molar-refractivity contribution in [3.05, 3.63) is 35.4 Å². The number of benzene rings is 1. The van der Waals surface area contributed by atoms with Crippen molar-refractivity contribution in [2.45, 2.75) is 44.7 Å². The second-order valence-electron chi connectivity index (χ2n) is 5.28. The molecule has 0 aliphatic heterocycles. The largest absolute Gasteiger partial charge is 0.384 e. The fourth-order valence-electron chi connectivity index (χ4n) is 2.84. The van der Waals surface area contributed by atoms with Gasteiger partial charge in [-0.1, -0.05) is 43.5 Å². The summed E-state index contributed by atoms with van der Waals surface area (Å²) in [6, 6.07) is 8.68. The van der Waals surface area contributed by atoms with Gasteiger partial charge in [0.15, 0.2) is 0 Å². The van der Waals surface area contributed by atoms with Gasteiger partial charge in [-0.25, -0.2) is 0 Å². The average molecular weight is 245 g/mol. The maximum Gasteiger partial charge on any atom is 0.123 e. The molecule has 1 aromatic carbocycles. The lowest BCUT2D eigenvalue weighted by atomic mass is 9.94. The van der Waals surface area contributed by atoms with E-state index in [0.29, 0.717) is 6.04 Å². The van der Waals surface area contributed by atoms with E-state index in [4.69, 9.17) is 11.1 Å². The molecule has 3 nitrogen and oxygen atoms in total. The predicted octanol–water partition coefficient (Wildman–Crippen LogP) is 2.74. The number of rotatable bonds is 4. The second kappa shape index (κ2) is 6.01. The van der Waals surface area contributed by atoms with Crippen molar-refractivity contribution < 1.29 is 0 Å². The van der Waals surface area contributed by atoms with Crippen LogP contribution in [-0.2, 0) is 6.54 Å². The van der Waals surface area contributed by atoms with Gasteiger partial charge in [0, 0.05) is 18.2 Å². The number of nitrogens with zero attached hydrogens (tertiary/aromatic N) is 1. The molecule has 1 aromatic rings. The third-order valence-corrected chi connectivity index (χ3v) is 3.93. The molecule has 1 fully saturated rings. The van der Waals surface area contributed by atoms with Crippen molar-refractivity contribution in [3.63, 3.8) is 0 Å². The van der Waals surface area contributed by atoms with Crippen LogP contribution in [0.2, 0.25) is 0 Å².